The van der Waals surface area contributed by atoms with E-state index >= 15 is 0 Å². The number of fused-ring (bicyclic) bond motifs is 1. The monoisotopic (exact) mass is 358 g/mol. The van der Waals surface area contributed by atoms with Crippen molar-refractivity contribution >= 4 is 23.7 Å². The third kappa shape index (κ3) is 3.66. The maximum absolute atomic E-state index is 12.7. The molecule has 0 aromatic heterocycles. The summed E-state index contributed by atoms with van der Waals surface area (Å²) in [5.74, 6) is -3.30. The Labute approximate surface area is 151 Å². The molecule has 0 spiro atoms. The normalized spacial score (nSPS) is 16.1. The van der Waals surface area contributed by atoms with Crippen LogP contribution in [0.3, 0.4) is 0 Å². The number of carbonyl (C=O) groups excluding carboxylic acids is 3. The van der Waals surface area contributed by atoms with E-state index < -0.39 is 35.8 Å². The van der Waals surface area contributed by atoms with Gasteiger partial charge in [0.1, 0.15) is 12.1 Å². The molecule has 2 rings (SSSR count). The Morgan fingerprint density at radius 2 is 1.69 bits per heavy atom. The van der Waals surface area contributed by atoms with Crippen molar-refractivity contribution in [1.82, 2.24) is 10.2 Å². The van der Waals surface area contributed by atoms with Crippen LogP contribution in [0.1, 0.15) is 47.9 Å². The fourth-order valence-electron chi connectivity index (χ4n) is 2.93. The molecule has 1 heterocycles. The van der Waals surface area contributed by atoms with Crippen LogP contribution in [0.15, 0.2) is 36.4 Å². The first kappa shape index (κ1) is 19.4. The third-order valence-electron chi connectivity index (χ3n) is 4.23. The highest BCUT2D eigenvalue weighted by atomic mass is 16.4. The summed E-state index contributed by atoms with van der Waals surface area (Å²) < 4.78 is 0. The molecule has 7 heteroatoms. The zero-order valence-corrected chi connectivity index (χ0v) is 14.9. The van der Waals surface area contributed by atoms with Crippen molar-refractivity contribution in [2.75, 3.05) is 0 Å². The van der Waals surface area contributed by atoms with Crippen LogP contribution < -0.4 is 5.32 Å². The lowest BCUT2D eigenvalue weighted by atomic mass is 10.0. The van der Waals surface area contributed by atoms with Gasteiger partial charge in [-0.2, -0.15) is 0 Å². The zero-order valence-electron chi connectivity index (χ0n) is 14.9. The molecule has 0 fully saturated rings. The Bertz CT molecular complexity index is 734. The van der Waals surface area contributed by atoms with Crippen LogP contribution in [-0.4, -0.2) is 45.8 Å². The van der Waals surface area contributed by atoms with Crippen LogP contribution in [-0.2, 0) is 9.59 Å². The summed E-state index contributed by atoms with van der Waals surface area (Å²) in [7, 11) is 0. The van der Waals surface area contributed by atoms with E-state index in [1.54, 1.807) is 45.1 Å². The van der Waals surface area contributed by atoms with Gasteiger partial charge in [0, 0.05) is 0 Å². The predicted octanol–water partition coefficient (Wildman–Crippen LogP) is 1.84. The van der Waals surface area contributed by atoms with Gasteiger partial charge in [-0.3, -0.25) is 19.3 Å². The minimum absolute atomic E-state index is 0.116. The number of carbonyl (C=O) groups is 4. The number of imide groups is 1. The SMILES string of the molecule is C/C=C/CC(NC(=O)C(C(C)C)N1C(=O)c2ccccc2C1=O)C(=O)O. The minimum Gasteiger partial charge on any atom is -0.480 e. The molecule has 2 unspecified atom stereocenters. The van der Waals surface area contributed by atoms with E-state index in [1.165, 1.54) is 12.1 Å². The lowest BCUT2D eigenvalue weighted by Gasteiger charge is -2.29. The van der Waals surface area contributed by atoms with E-state index in [0.717, 1.165) is 4.90 Å². The molecule has 26 heavy (non-hydrogen) atoms. The second kappa shape index (κ2) is 7.95. The smallest absolute Gasteiger partial charge is 0.326 e. The minimum atomic E-state index is -1.18. The summed E-state index contributed by atoms with van der Waals surface area (Å²) in [6.45, 7) is 5.15. The fraction of sp³-hybridized carbons (Fsp3) is 0.368. The Kier molecular flexibility index (Phi) is 5.92. The fourth-order valence-corrected chi connectivity index (χ4v) is 2.93. The lowest BCUT2D eigenvalue weighted by Crippen LogP contribution is -2.55. The lowest BCUT2D eigenvalue weighted by molar-refractivity contribution is -0.142. The molecule has 0 aliphatic carbocycles. The summed E-state index contributed by atoms with van der Waals surface area (Å²) in [6.07, 6.45) is 3.43. The molecule has 0 saturated carbocycles. The van der Waals surface area contributed by atoms with Crippen molar-refractivity contribution in [2.24, 2.45) is 5.92 Å². The van der Waals surface area contributed by atoms with Crippen LogP contribution in [0.5, 0.6) is 0 Å². The van der Waals surface area contributed by atoms with Crippen molar-refractivity contribution in [2.45, 2.75) is 39.3 Å². The van der Waals surface area contributed by atoms with Gasteiger partial charge in [-0.25, -0.2) is 4.79 Å². The van der Waals surface area contributed by atoms with Crippen LogP contribution >= 0.6 is 0 Å². The summed E-state index contributed by atoms with van der Waals surface area (Å²) in [5.41, 5.74) is 0.499. The van der Waals surface area contributed by atoms with Gasteiger partial charge in [-0.05, 0) is 31.4 Å². The van der Waals surface area contributed by atoms with E-state index in [4.69, 9.17) is 0 Å². The van der Waals surface area contributed by atoms with E-state index in [9.17, 15) is 24.3 Å². The average molecular weight is 358 g/mol. The van der Waals surface area contributed by atoms with Gasteiger partial charge >= 0.3 is 5.97 Å². The van der Waals surface area contributed by atoms with Gasteiger partial charge in [0.05, 0.1) is 11.1 Å². The van der Waals surface area contributed by atoms with Crippen molar-refractivity contribution < 1.29 is 24.3 Å². The molecule has 1 aliphatic rings. The van der Waals surface area contributed by atoms with Crippen LogP contribution in [0.2, 0.25) is 0 Å². The molecule has 2 N–H and O–H groups in total. The molecule has 1 aliphatic heterocycles. The van der Waals surface area contributed by atoms with E-state index in [0.29, 0.717) is 0 Å². The number of carboxylic acid groups (broad SMARTS) is 1. The number of allylic oxidation sites excluding steroid dienone is 1. The number of hydrogen-bond acceptors (Lipinski definition) is 4. The maximum Gasteiger partial charge on any atom is 0.326 e. The van der Waals surface area contributed by atoms with Gasteiger partial charge in [0.15, 0.2) is 0 Å². The molecule has 0 bridgehead atoms. The highest BCUT2D eigenvalue weighted by Gasteiger charge is 2.44. The summed E-state index contributed by atoms with van der Waals surface area (Å²) in [4.78, 5) is 50.3. The van der Waals surface area contributed by atoms with Crippen molar-refractivity contribution in [1.29, 1.82) is 0 Å². The van der Waals surface area contributed by atoms with Gasteiger partial charge in [-0.1, -0.05) is 38.1 Å². The quantitative estimate of drug-likeness (QED) is 0.572. The number of benzene rings is 1. The van der Waals surface area contributed by atoms with E-state index in [-0.39, 0.29) is 23.5 Å². The Balaban J connectivity index is 2.29. The summed E-state index contributed by atoms with van der Waals surface area (Å²) in [5, 5.41) is 11.7. The first-order chi connectivity index (χ1) is 12.3. The Morgan fingerprint density at radius 3 is 2.12 bits per heavy atom. The van der Waals surface area contributed by atoms with Crippen molar-refractivity contribution in [3.05, 3.63) is 47.5 Å². The number of rotatable bonds is 7. The highest BCUT2D eigenvalue weighted by Crippen LogP contribution is 2.27. The van der Waals surface area contributed by atoms with E-state index in [1.807, 2.05) is 0 Å². The van der Waals surface area contributed by atoms with Crippen molar-refractivity contribution in [3.63, 3.8) is 0 Å². The number of aliphatic carboxylic acids is 1. The molecule has 0 radical (unpaired) electrons. The molecular weight excluding hydrogens is 336 g/mol. The largest absolute Gasteiger partial charge is 0.480 e. The second-order valence-electron chi connectivity index (χ2n) is 6.42. The number of carboxylic acids is 1. The number of hydrogen-bond donors (Lipinski definition) is 2. The first-order valence-corrected chi connectivity index (χ1v) is 8.40. The van der Waals surface area contributed by atoms with Crippen LogP contribution in [0, 0.1) is 5.92 Å². The second-order valence-corrected chi connectivity index (χ2v) is 6.42. The van der Waals surface area contributed by atoms with Gasteiger partial charge in [-0.15, -0.1) is 0 Å². The van der Waals surface area contributed by atoms with Gasteiger partial charge in [0.25, 0.3) is 11.8 Å². The number of nitrogens with one attached hydrogen (secondary N) is 1. The van der Waals surface area contributed by atoms with Crippen LogP contribution in [0.25, 0.3) is 0 Å². The standard InChI is InChI=1S/C19H22N2O5/c1-4-5-10-14(19(25)26)20-16(22)15(11(2)3)21-17(23)12-8-6-7-9-13(12)18(21)24/h4-9,11,14-15H,10H2,1-3H3,(H,20,22)(H,25,26)/b5-4+. The maximum atomic E-state index is 12.7. The van der Waals surface area contributed by atoms with E-state index in [2.05, 4.69) is 5.32 Å². The predicted molar refractivity (Wildman–Crippen MR) is 94.6 cm³/mol. The molecule has 0 saturated heterocycles. The third-order valence-corrected chi connectivity index (χ3v) is 4.23. The summed E-state index contributed by atoms with van der Waals surface area (Å²) in [6, 6.07) is 4.16. The first-order valence-electron chi connectivity index (χ1n) is 8.40. The molecular formula is C19H22N2O5. The number of amides is 3. The molecule has 7 nitrogen and oxygen atoms in total. The number of nitrogens with zero attached hydrogens (tertiary/aromatic N) is 1. The van der Waals surface area contributed by atoms with Crippen molar-refractivity contribution in [3.8, 4) is 0 Å². The molecule has 1 aromatic rings. The molecule has 2 atom stereocenters. The van der Waals surface area contributed by atoms with Gasteiger partial charge in [0.2, 0.25) is 5.91 Å². The molecule has 138 valence electrons. The van der Waals surface area contributed by atoms with Gasteiger partial charge < -0.3 is 10.4 Å². The van der Waals surface area contributed by atoms with Crippen LogP contribution in [0.4, 0.5) is 0 Å². The Morgan fingerprint density at radius 1 is 1.15 bits per heavy atom. The summed E-state index contributed by atoms with van der Waals surface area (Å²) >= 11 is 0. The average Bonchev–Trinajstić information content (AvgIpc) is 2.84. The molecule has 1 aromatic carbocycles. The topological polar surface area (TPSA) is 104 Å². The zero-order chi connectivity index (χ0) is 19.4. The highest BCUT2D eigenvalue weighted by molar-refractivity contribution is 6.22. The Hall–Kier alpha value is -2.96. The molecule has 3 amide bonds.